The second kappa shape index (κ2) is 7.72. The molecule has 0 fully saturated rings. The molecule has 0 aromatic heterocycles. The number of rotatable bonds is 6. The molecule has 5 heteroatoms. The first kappa shape index (κ1) is 16.5. The normalized spacial score (nSPS) is 13.9. The Morgan fingerprint density at radius 1 is 1.22 bits per heavy atom. The molecule has 0 aromatic rings. The highest BCUT2D eigenvalue weighted by Crippen LogP contribution is 1.98. The summed E-state index contributed by atoms with van der Waals surface area (Å²) in [4.78, 5) is 23.4. The molecule has 2 atom stereocenters. The lowest BCUT2D eigenvalue weighted by atomic mass is 10.0. The van der Waals surface area contributed by atoms with Crippen LogP contribution in [0.25, 0.3) is 0 Å². The second-order valence-electron chi connectivity index (χ2n) is 5.02. The highest BCUT2D eigenvalue weighted by molar-refractivity contribution is 5.91. The zero-order valence-electron chi connectivity index (χ0n) is 11.5. The van der Waals surface area contributed by atoms with E-state index in [1.165, 1.54) is 0 Å². The van der Waals surface area contributed by atoms with Gasteiger partial charge in [-0.1, -0.05) is 33.6 Å². The molecule has 0 bridgehead atoms. The Morgan fingerprint density at radius 2 is 1.78 bits per heavy atom. The van der Waals surface area contributed by atoms with E-state index in [-0.39, 0.29) is 11.8 Å². The van der Waals surface area contributed by atoms with Crippen LogP contribution < -0.4 is 16.4 Å². The minimum Gasteiger partial charge on any atom is -0.353 e. The highest BCUT2D eigenvalue weighted by atomic mass is 16.2. The SMILES string of the molecule is C#C[C@H](NC(=O)[C@@H](N)C(C)C)C(=O)NCC(C)C. The molecule has 0 aliphatic rings. The fraction of sp³-hybridized carbons (Fsp3) is 0.692. The van der Waals surface area contributed by atoms with E-state index in [4.69, 9.17) is 12.2 Å². The fourth-order valence-electron chi connectivity index (χ4n) is 1.13. The number of nitrogens with one attached hydrogen (secondary N) is 2. The van der Waals surface area contributed by atoms with Crippen LogP contribution in [0.3, 0.4) is 0 Å². The number of carbonyl (C=O) groups is 2. The maximum absolute atomic E-state index is 11.7. The Morgan fingerprint density at radius 3 is 2.17 bits per heavy atom. The molecular formula is C13H23N3O2. The van der Waals surface area contributed by atoms with Crippen LogP contribution in [0.15, 0.2) is 0 Å². The lowest BCUT2D eigenvalue weighted by Crippen LogP contribution is -2.52. The van der Waals surface area contributed by atoms with Crippen LogP contribution in [0, 0.1) is 24.2 Å². The standard InChI is InChI=1S/C13H23N3O2/c1-6-10(12(17)15-7-8(2)3)16-13(18)11(14)9(4)5/h1,8-11H,7,14H2,2-5H3,(H,15,17)(H,16,18)/t10-,11-/m0/s1. The van der Waals surface area contributed by atoms with Gasteiger partial charge in [-0.3, -0.25) is 9.59 Å². The van der Waals surface area contributed by atoms with Gasteiger partial charge in [0.05, 0.1) is 6.04 Å². The minimum atomic E-state index is -0.971. The van der Waals surface area contributed by atoms with Crippen molar-refractivity contribution in [1.82, 2.24) is 10.6 Å². The van der Waals surface area contributed by atoms with Gasteiger partial charge in [-0.05, 0) is 11.8 Å². The van der Waals surface area contributed by atoms with Crippen LogP contribution in [-0.4, -0.2) is 30.4 Å². The molecule has 0 rings (SSSR count). The maximum Gasteiger partial charge on any atom is 0.255 e. The van der Waals surface area contributed by atoms with E-state index in [0.717, 1.165) is 0 Å². The fourth-order valence-corrected chi connectivity index (χ4v) is 1.13. The molecule has 0 aromatic carbocycles. The van der Waals surface area contributed by atoms with Crippen molar-refractivity contribution in [1.29, 1.82) is 0 Å². The van der Waals surface area contributed by atoms with Gasteiger partial charge in [-0.15, -0.1) is 6.42 Å². The van der Waals surface area contributed by atoms with Crippen LogP contribution in [0.1, 0.15) is 27.7 Å². The van der Waals surface area contributed by atoms with E-state index in [9.17, 15) is 9.59 Å². The third-order valence-corrected chi connectivity index (χ3v) is 2.42. The number of hydrogen-bond donors (Lipinski definition) is 3. The van der Waals surface area contributed by atoms with Crippen LogP contribution >= 0.6 is 0 Å². The summed E-state index contributed by atoms with van der Waals surface area (Å²) in [7, 11) is 0. The van der Waals surface area contributed by atoms with Gasteiger partial charge in [0.15, 0.2) is 6.04 Å². The van der Waals surface area contributed by atoms with Crippen molar-refractivity contribution >= 4 is 11.8 Å². The summed E-state index contributed by atoms with van der Waals surface area (Å²) >= 11 is 0. The first-order chi connectivity index (χ1) is 8.29. The number of terminal acetylenes is 1. The molecule has 2 amide bonds. The quantitative estimate of drug-likeness (QED) is 0.576. The second-order valence-corrected chi connectivity index (χ2v) is 5.02. The van der Waals surface area contributed by atoms with Crippen molar-refractivity contribution < 1.29 is 9.59 Å². The zero-order valence-corrected chi connectivity index (χ0v) is 11.5. The predicted octanol–water partition coefficient (Wildman–Crippen LogP) is -0.140. The molecule has 0 radical (unpaired) electrons. The summed E-state index contributed by atoms with van der Waals surface area (Å²) in [6.07, 6.45) is 5.24. The average Bonchev–Trinajstić information content (AvgIpc) is 2.31. The van der Waals surface area contributed by atoms with Gasteiger partial charge in [0.1, 0.15) is 0 Å². The maximum atomic E-state index is 11.7. The van der Waals surface area contributed by atoms with Crippen molar-refractivity contribution in [3.05, 3.63) is 0 Å². The van der Waals surface area contributed by atoms with E-state index in [0.29, 0.717) is 12.5 Å². The molecule has 0 saturated heterocycles. The van der Waals surface area contributed by atoms with E-state index < -0.39 is 18.0 Å². The number of hydrogen-bond acceptors (Lipinski definition) is 3. The number of amides is 2. The van der Waals surface area contributed by atoms with Crippen molar-refractivity contribution in [2.24, 2.45) is 17.6 Å². The lowest BCUT2D eigenvalue weighted by Gasteiger charge is -2.19. The summed E-state index contributed by atoms with van der Waals surface area (Å²) in [5.41, 5.74) is 5.67. The first-order valence-electron chi connectivity index (χ1n) is 6.09. The molecule has 0 saturated carbocycles. The van der Waals surface area contributed by atoms with Gasteiger partial charge in [-0.25, -0.2) is 0 Å². The topological polar surface area (TPSA) is 84.2 Å². The molecular weight excluding hydrogens is 230 g/mol. The van der Waals surface area contributed by atoms with Gasteiger partial charge in [0.2, 0.25) is 5.91 Å². The van der Waals surface area contributed by atoms with Gasteiger partial charge in [0.25, 0.3) is 5.91 Å². The summed E-state index contributed by atoms with van der Waals surface area (Å²) in [5, 5.41) is 5.13. The molecule has 102 valence electrons. The largest absolute Gasteiger partial charge is 0.353 e. The summed E-state index contributed by atoms with van der Waals surface area (Å²) in [5.74, 6) is 1.77. The van der Waals surface area contributed by atoms with Gasteiger partial charge in [-0.2, -0.15) is 0 Å². The van der Waals surface area contributed by atoms with Gasteiger partial charge >= 0.3 is 0 Å². The molecule has 5 nitrogen and oxygen atoms in total. The van der Waals surface area contributed by atoms with E-state index in [2.05, 4.69) is 16.6 Å². The molecule has 0 spiro atoms. The van der Waals surface area contributed by atoms with Crippen molar-refractivity contribution in [2.45, 2.75) is 39.8 Å². The lowest BCUT2D eigenvalue weighted by molar-refractivity contribution is -0.128. The number of carbonyl (C=O) groups excluding carboxylic acids is 2. The van der Waals surface area contributed by atoms with Crippen LogP contribution in [0.2, 0.25) is 0 Å². The smallest absolute Gasteiger partial charge is 0.255 e. The van der Waals surface area contributed by atoms with Crippen LogP contribution in [0.4, 0.5) is 0 Å². The molecule has 0 aliphatic carbocycles. The van der Waals surface area contributed by atoms with Crippen molar-refractivity contribution in [3.8, 4) is 12.3 Å². The Balaban J connectivity index is 4.40. The highest BCUT2D eigenvalue weighted by Gasteiger charge is 2.23. The third-order valence-electron chi connectivity index (χ3n) is 2.42. The zero-order chi connectivity index (χ0) is 14.3. The van der Waals surface area contributed by atoms with Gasteiger partial charge < -0.3 is 16.4 Å². The molecule has 0 aliphatic heterocycles. The number of nitrogens with two attached hydrogens (primary N) is 1. The molecule has 0 unspecified atom stereocenters. The van der Waals surface area contributed by atoms with Crippen LogP contribution in [0.5, 0.6) is 0 Å². The van der Waals surface area contributed by atoms with Crippen LogP contribution in [-0.2, 0) is 9.59 Å². The molecule has 0 heterocycles. The molecule has 18 heavy (non-hydrogen) atoms. The Kier molecular flexibility index (Phi) is 7.06. The van der Waals surface area contributed by atoms with E-state index in [1.54, 1.807) is 0 Å². The van der Waals surface area contributed by atoms with Gasteiger partial charge in [0, 0.05) is 6.54 Å². The average molecular weight is 253 g/mol. The summed E-state index contributed by atoms with van der Waals surface area (Å²) < 4.78 is 0. The van der Waals surface area contributed by atoms with E-state index in [1.807, 2.05) is 27.7 Å². The monoisotopic (exact) mass is 253 g/mol. The predicted molar refractivity (Wildman–Crippen MR) is 71.4 cm³/mol. The van der Waals surface area contributed by atoms with E-state index >= 15 is 0 Å². The molecule has 4 N–H and O–H groups in total. The Labute approximate surface area is 109 Å². The third kappa shape index (κ3) is 5.69. The van der Waals surface area contributed by atoms with Crippen molar-refractivity contribution in [3.63, 3.8) is 0 Å². The summed E-state index contributed by atoms with van der Waals surface area (Å²) in [6.45, 7) is 8.11. The summed E-state index contributed by atoms with van der Waals surface area (Å²) in [6, 6.07) is -1.64. The Bertz CT molecular complexity index is 332. The minimum absolute atomic E-state index is 0.0119. The Hall–Kier alpha value is -1.54. The first-order valence-corrected chi connectivity index (χ1v) is 6.09. The van der Waals surface area contributed by atoms with Crippen molar-refractivity contribution in [2.75, 3.05) is 6.54 Å².